The lowest BCUT2D eigenvalue weighted by atomic mass is 9.82. The molecule has 3 nitrogen and oxygen atoms in total. The first-order valence-corrected chi connectivity index (χ1v) is 6.12. The SMILES string of the molecule is CC1(C)CC(=O)N(C/C=C\CBr)C(=O)C1. The van der Waals surface area contributed by atoms with Gasteiger partial charge in [0, 0.05) is 24.7 Å². The third kappa shape index (κ3) is 3.45. The van der Waals surface area contributed by atoms with Crippen molar-refractivity contribution < 1.29 is 9.59 Å². The number of hydrogen-bond acceptors (Lipinski definition) is 2. The normalized spacial score (nSPS) is 21.4. The molecule has 1 rings (SSSR count). The molecule has 15 heavy (non-hydrogen) atoms. The first kappa shape index (κ1) is 12.4. The Bertz CT molecular complexity index is 277. The molecule has 0 N–H and O–H groups in total. The molecule has 2 amide bonds. The third-order valence-corrected chi connectivity index (χ3v) is 2.78. The Labute approximate surface area is 98.6 Å². The summed E-state index contributed by atoms with van der Waals surface area (Å²) in [5.41, 5.74) is -0.177. The van der Waals surface area contributed by atoms with Crippen molar-refractivity contribution in [2.45, 2.75) is 26.7 Å². The molecule has 4 heteroatoms. The summed E-state index contributed by atoms with van der Waals surface area (Å²) >= 11 is 3.25. The minimum atomic E-state index is -0.177. The minimum Gasteiger partial charge on any atom is -0.279 e. The standard InChI is InChI=1S/C11H16BrNO2/c1-11(2)7-9(14)13(10(15)8-11)6-4-3-5-12/h3-4H,5-8H2,1-2H3/b4-3-. The lowest BCUT2D eigenvalue weighted by molar-refractivity contribution is -0.151. The van der Waals surface area contributed by atoms with Crippen molar-refractivity contribution in [3.05, 3.63) is 12.2 Å². The van der Waals surface area contributed by atoms with Gasteiger partial charge in [-0.05, 0) is 5.41 Å². The molecule has 84 valence electrons. The zero-order chi connectivity index (χ0) is 11.5. The molecule has 1 fully saturated rings. The molecule has 0 atom stereocenters. The molecular formula is C11H16BrNO2. The molecule has 1 aliphatic rings. The monoisotopic (exact) mass is 273 g/mol. The molecule has 0 saturated carbocycles. The molecule has 1 aliphatic heterocycles. The molecular weight excluding hydrogens is 258 g/mol. The lowest BCUT2D eigenvalue weighted by Crippen LogP contribution is -2.46. The van der Waals surface area contributed by atoms with Gasteiger partial charge in [-0.25, -0.2) is 0 Å². The van der Waals surface area contributed by atoms with E-state index in [0.717, 1.165) is 5.33 Å². The maximum Gasteiger partial charge on any atom is 0.230 e. The van der Waals surface area contributed by atoms with Crippen LogP contribution in [0.1, 0.15) is 26.7 Å². The van der Waals surface area contributed by atoms with Crippen molar-refractivity contribution in [3.8, 4) is 0 Å². The second-order valence-corrected chi connectivity index (χ2v) is 5.19. The molecule has 0 aromatic carbocycles. The van der Waals surface area contributed by atoms with E-state index in [0.29, 0.717) is 19.4 Å². The molecule has 0 bridgehead atoms. The quantitative estimate of drug-likeness (QED) is 0.449. The molecule has 0 aromatic rings. The van der Waals surface area contributed by atoms with Crippen LogP contribution in [-0.4, -0.2) is 28.6 Å². The number of likely N-dealkylation sites (tertiary alicyclic amines) is 1. The topological polar surface area (TPSA) is 37.4 Å². The van der Waals surface area contributed by atoms with Crippen LogP contribution < -0.4 is 0 Å². The summed E-state index contributed by atoms with van der Waals surface area (Å²) in [6, 6.07) is 0. The van der Waals surface area contributed by atoms with E-state index in [-0.39, 0.29) is 17.2 Å². The number of rotatable bonds is 3. The van der Waals surface area contributed by atoms with Crippen molar-refractivity contribution in [1.29, 1.82) is 0 Å². The van der Waals surface area contributed by atoms with E-state index >= 15 is 0 Å². The van der Waals surface area contributed by atoms with Gasteiger partial charge in [0.1, 0.15) is 0 Å². The van der Waals surface area contributed by atoms with Crippen molar-refractivity contribution >= 4 is 27.7 Å². The Morgan fingerprint density at radius 3 is 2.27 bits per heavy atom. The van der Waals surface area contributed by atoms with Gasteiger partial charge in [-0.3, -0.25) is 14.5 Å². The summed E-state index contributed by atoms with van der Waals surface area (Å²) in [5, 5.41) is 0.745. The predicted octanol–water partition coefficient (Wildman–Crippen LogP) is 2.11. The highest BCUT2D eigenvalue weighted by Gasteiger charge is 2.36. The van der Waals surface area contributed by atoms with Crippen molar-refractivity contribution in [2.24, 2.45) is 5.41 Å². The molecule has 0 unspecified atom stereocenters. The van der Waals surface area contributed by atoms with Crippen LogP contribution in [0.5, 0.6) is 0 Å². The average molecular weight is 274 g/mol. The molecule has 1 saturated heterocycles. The number of carbonyl (C=O) groups excluding carboxylic acids is 2. The van der Waals surface area contributed by atoms with Gasteiger partial charge >= 0.3 is 0 Å². The van der Waals surface area contributed by atoms with Crippen molar-refractivity contribution in [2.75, 3.05) is 11.9 Å². The Hall–Kier alpha value is -0.640. The molecule has 1 heterocycles. The zero-order valence-corrected chi connectivity index (χ0v) is 10.7. The number of piperidine rings is 1. The highest BCUT2D eigenvalue weighted by atomic mass is 79.9. The second kappa shape index (κ2) is 4.92. The number of allylic oxidation sites excluding steroid dienone is 1. The van der Waals surface area contributed by atoms with E-state index < -0.39 is 0 Å². The summed E-state index contributed by atoms with van der Waals surface area (Å²) in [5.74, 6) is -0.119. The van der Waals surface area contributed by atoms with Crippen LogP contribution in [0.15, 0.2) is 12.2 Å². The van der Waals surface area contributed by atoms with E-state index in [1.165, 1.54) is 4.90 Å². The number of imide groups is 1. The Morgan fingerprint density at radius 1 is 1.27 bits per heavy atom. The fourth-order valence-electron chi connectivity index (χ4n) is 1.66. The summed E-state index contributed by atoms with van der Waals surface area (Å²) in [6.45, 7) is 4.31. The molecule has 0 spiro atoms. The predicted molar refractivity (Wildman–Crippen MR) is 62.7 cm³/mol. The number of nitrogens with zero attached hydrogens (tertiary/aromatic N) is 1. The number of amides is 2. The number of alkyl halides is 1. The van der Waals surface area contributed by atoms with E-state index in [1.54, 1.807) is 0 Å². The van der Waals surface area contributed by atoms with Gasteiger partial charge in [0.25, 0.3) is 0 Å². The Kier molecular flexibility index (Phi) is 4.08. The first-order chi connectivity index (χ1) is 6.96. The number of hydrogen-bond donors (Lipinski definition) is 0. The van der Waals surface area contributed by atoms with Crippen LogP contribution in [0.2, 0.25) is 0 Å². The van der Waals surface area contributed by atoms with Gasteiger partial charge in [-0.15, -0.1) is 0 Å². The lowest BCUT2D eigenvalue weighted by Gasteiger charge is -2.34. The van der Waals surface area contributed by atoms with Gasteiger partial charge in [-0.1, -0.05) is 41.9 Å². The zero-order valence-electron chi connectivity index (χ0n) is 9.12. The van der Waals surface area contributed by atoms with Crippen LogP contribution in [-0.2, 0) is 9.59 Å². The van der Waals surface area contributed by atoms with Gasteiger partial charge in [0.2, 0.25) is 11.8 Å². The van der Waals surface area contributed by atoms with Crippen LogP contribution in [0.25, 0.3) is 0 Å². The second-order valence-electron chi connectivity index (χ2n) is 4.54. The third-order valence-electron chi connectivity index (χ3n) is 2.41. The number of carbonyl (C=O) groups is 2. The Balaban J connectivity index is 2.63. The minimum absolute atomic E-state index is 0.0597. The maximum atomic E-state index is 11.7. The summed E-state index contributed by atoms with van der Waals surface area (Å²) < 4.78 is 0. The molecule has 0 aliphatic carbocycles. The smallest absolute Gasteiger partial charge is 0.230 e. The number of halogens is 1. The van der Waals surface area contributed by atoms with E-state index in [4.69, 9.17) is 0 Å². The maximum absolute atomic E-state index is 11.7. The first-order valence-electron chi connectivity index (χ1n) is 5.00. The van der Waals surface area contributed by atoms with Gasteiger partial charge in [-0.2, -0.15) is 0 Å². The Morgan fingerprint density at radius 2 is 1.80 bits per heavy atom. The van der Waals surface area contributed by atoms with E-state index in [2.05, 4.69) is 15.9 Å². The van der Waals surface area contributed by atoms with Crippen LogP contribution in [0.4, 0.5) is 0 Å². The van der Waals surface area contributed by atoms with Crippen LogP contribution in [0, 0.1) is 5.41 Å². The van der Waals surface area contributed by atoms with Gasteiger partial charge in [0.15, 0.2) is 0 Å². The van der Waals surface area contributed by atoms with Gasteiger partial charge in [0.05, 0.1) is 0 Å². The molecule has 0 aromatic heterocycles. The van der Waals surface area contributed by atoms with Crippen molar-refractivity contribution in [3.63, 3.8) is 0 Å². The molecule has 0 radical (unpaired) electrons. The van der Waals surface area contributed by atoms with Gasteiger partial charge < -0.3 is 0 Å². The highest BCUT2D eigenvalue weighted by Crippen LogP contribution is 2.31. The summed E-state index contributed by atoms with van der Waals surface area (Å²) in [6.07, 6.45) is 4.64. The highest BCUT2D eigenvalue weighted by molar-refractivity contribution is 9.09. The van der Waals surface area contributed by atoms with E-state index in [1.807, 2.05) is 26.0 Å². The average Bonchev–Trinajstić information content (AvgIpc) is 2.08. The van der Waals surface area contributed by atoms with Crippen LogP contribution in [0.3, 0.4) is 0 Å². The largest absolute Gasteiger partial charge is 0.279 e. The summed E-state index contributed by atoms with van der Waals surface area (Å²) in [7, 11) is 0. The van der Waals surface area contributed by atoms with E-state index in [9.17, 15) is 9.59 Å². The fourth-order valence-corrected chi connectivity index (χ4v) is 1.92. The van der Waals surface area contributed by atoms with Crippen molar-refractivity contribution in [1.82, 2.24) is 4.90 Å². The van der Waals surface area contributed by atoms with Crippen LogP contribution >= 0.6 is 15.9 Å². The summed E-state index contributed by atoms with van der Waals surface area (Å²) in [4.78, 5) is 24.7. The fraction of sp³-hybridized carbons (Fsp3) is 0.636.